The molecule has 3 N–H and O–H groups in total. The minimum absolute atomic E-state index is 0. The van der Waals surface area contributed by atoms with Crippen LogP contribution in [0.3, 0.4) is 0 Å². The summed E-state index contributed by atoms with van der Waals surface area (Å²) in [5, 5.41) is 8.58. The monoisotopic (exact) mass is 488 g/mol. The van der Waals surface area contributed by atoms with E-state index in [4.69, 9.17) is 4.74 Å². The number of guanidine groups is 1. The lowest BCUT2D eigenvalue weighted by Crippen LogP contribution is -2.39. The summed E-state index contributed by atoms with van der Waals surface area (Å²) in [6, 6.07) is 0. The molecule has 1 amide bonds. The van der Waals surface area contributed by atoms with Crippen LogP contribution >= 0.6 is 24.0 Å². The van der Waals surface area contributed by atoms with Gasteiger partial charge in [0, 0.05) is 32.5 Å². The maximum absolute atomic E-state index is 12.7. The van der Waals surface area contributed by atoms with Crippen molar-refractivity contribution in [2.75, 3.05) is 20.1 Å². The largest absolute Gasteiger partial charge is 0.444 e. The van der Waals surface area contributed by atoms with Crippen LogP contribution < -0.4 is 16.0 Å². The first-order valence-electron chi connectivity index (χ1n) is 7.94. The number of aromatic nitrogens is 2. The molecule has 0 bridgehead atoms. The number of halogens is 3. The number of amides is 1. The number of nitrogens with one attached hydrogen (secondary N) is 3. The summed E-state index contributed by atoms with van der Waals surface area (Å²) in [6.45, 7) is 3.85. The second-order valence-corrected chi connectivity index (χ2v) is 6.16. The number of alkyl halides is 2. The number of nitrogens with zero attached hydrogens (tertiary/aromatic N) is 3. The van der Waals surface area contributed by atoms with Gasteiger partial charge in [-0.3, -0.25) is 9.56 Å². The molecule has 1 heterocycles. The third-order valence-corrected chi connectivity index (χ3v) is 2.91. The minimum Gasteiger partial charge on any atom is -0.444 e. The normalized spacial score (nSPS) is 11.7. The van der Waals surface area contributed by atoms with Crippen molar-refractivity contribution in [1.82, 2.24) is 25.5 Å². The lowest BCUT2D eigenvalue weighted by molar-refractivity contribution is 0.0527. The van der Waals surface area contributed by atoms with Gasteiger partial charge in [0.15, 0.2) is 5.96 Å². The smallest absolute Gasteiger partial charge is 0.407 e. The molecule has 0 aromatic carbocycles. The van der Waals surface area contributed by atoms with Crippen molar-refractivity contribution in [1.29, 1.82) is 0 Å². The molecule has 0 aliphatic heterocycles. The van der Waals surface area contributed by atoms with E-state index in [-0.39, 0.29) is 36.3 Å². The van der Waals surface area contributed by atoms with Crippen LogP contribution in [0.1, 0.15) is 39.6 Å². The van der Waals surface area contributed by atoms with E-state index in [1.165, 1.54) is 12.4 Å². The van der Waals surface area contributed by atoms with E-state index >= 15 is 0 Å². The van der Waals surface area contributed by atoms with Crippen LogP contribution in [-0.2, 0) is 11.3 Å². The molecule has 0 aliphatic carbocycles. The van der Waals surface area contributed by atoms with Crippen LogP contribution in [0.25, 0.3) is 0 Å². The topological polar surface area (TPSA) is 92.6 Å². The fraction of sp³-hybridized carbons (Fsp3) is 0.667. The summed E-state index contributed by atoms with van der Waals surface area (Å²) in [5.41, 5.74) is -0.530. The molecule has 26 heavy (non-hydrogen) atoms. The van der Waals surface area contributed by atoms with Gasteiger partial charge in [0.05, 0.1) is 6.54 Å². The summed E-state index contributed by atoms with van der Waals surface area (Å²) in [6.07, 6.45) is 2.72. The highest BCUT2D eigenvalue weighted by atomic mass is 127. The fourth-order valence-electron chi connectivity index (χ4n) is 1.84. The average molecular weight is 488 g/mol. The number of carbonyl (C=O) groups is 1. The van der Waals surface area contributed by atoms with Crippen LogP contribution in [0.5, 0.6) is 0 Å². The van der Waals surface area contributed by atoms with Crippen LogP contribution in [0, 0.1) is 0 Å². The molecule has 0 saturated heterocycles. The number of hydrogen-bond donors (Lipinski definition) is 3. The van der Waals surface area contributed by atoms with Gasteiger partial charge >= 0.3 is 12.6 Å². The van der Waals surface area contributed by atoms with Gasteiger partial charge in [-0.1, -0.05) is 0 Å². The average Bonchev–Trinajstić information content (AvgIpc) is 2.97. The maximum atomic E-state index is 12.7. The van der Waals surface area contributed by atoms with Crippen molar-refractivity contribution in [3.8, 4) is 0 Å². The summed E-state index contributed by atoms with van der Waals surface area (Å²) >= 11 is 0. The molecule has 11 heteroatoms. The molecule has 0 radical (unpaired) electrons. The third-order valence-electron chi connectivity index (χ3n) is 2.91. The zero-order chi connectivity index (χ0) is 18.9. The van der Waals surface area contributed by atoms with Gasteiger partial charge in [-0.2, -0.15) is 8.78 Å². The second-order valence-electron chi connectivity index (χ2n) is 6.16. The number of hydrogen-bond acceptors (Lipinski definition) is 4. The summed E-state index contributed by atoms with van der Waals surface area (Å²) in [4.78, 5) is 19.4. The van der Waals surface area contributed by atoms with Gasteiger partial charge in [-0.05, 0) is 27.2 Å². The molecule has 0 atom stereocenters. The van der Waals surface area contributed by atoms with Gasteiger partial charge in [0.25, 0.3) is 0 Å². The molecule has 8 nitrogen and oxygen atoms in total. The van der Waals surface area contributed by atoms with Crippen molar-refractivity contribution in [3.05, 3.63) is 18.2 Å². The molecule has 1 aromatic heterocycles. The molecule has 1 rings (SSSR count). The van der Waals surface area contributed by atoms with Gasteiger partial charge in [0.1, 0.15) is 11.4 Å². The first kappa shape index (κ1) is 24.3. The van der Waals surface area contributed by atoms with Crippen molar-refractivity contribution >= 4 is 36.0 Å². The van der Waals surface area contributed by atoms with Crippen LogP contribution in [-0.4, -0.2) is 47.3 Å². The Morgan fingerprint density at radius 2 is 1.96 bits per heavy atom. The molecular weight excluding hydrogens is 461 g/mol. The first-order valence-corrected chi connectivity index (χ1v) is 7.94. The van der Waals surface area contributed by atoms with Crippen LogP contribution in [0.4, 0.5) is 13.6 Å². The predicted octanol–water partition coefficient (Wildman–Crippen LogP) is 2.48. The molecule has 150 valence electrons. The number of alkyl carbamates (subject to hydrolysis) is 1. The van der Waals surface area contributed by atoms with E-state index in [0.717, 1.165) is 4.57 Å². The molecule has 0 unspecified atom stereocenters. The molecular formula is C15H27F2IN6O2. The van der Waals surface area contributed by atoms with E-state index < -0.39 is 18.2 Å². The zero-order valence-corrected chi connectivity index (χ0v) is 17.7. The van der Waals surface area contributed by atoms with Crippen molar-refractivity contribution in [3.63, 3.8) is 0 Å². The molecule has 1 aromatic rings. The van der Waals surface area contributed by atoms with Gasteiger partial charge in [0.2, 0.25) is 0 Å². The van der Waals surface area contributed by atoms with Crippen molar-refractivity contribution in [2.45, 2.75) is 45.9 Å². The SMILES string of the molecule is CN=C(NCCCNC(=O)OC(C)(C)C)NCc1nccn1C(F)F.I. The van der Waals surface area contributed by atoms with E-state index in [1.54, 1.807) is 27.8 Å². The summed E-state index contributed by atoms with van der Waals surface area (Å²) in [7, 11) is 1.58. The Labute approximate surface area is 169 Å². The second kappa shape index (κ2) is 11.9. The third kappa shape index (κ3) is 9.73. The Morgan fingerprint density at radius 3 is 2.54 bits per heavy atom. The van der Waals surface area contributed by atoms with E-state index in [9.17, 15) is 13.6 Å². The highest BCUT2D eigenvalue weighted by Gasteiger charge is 2.15. The molecule has 0 fully saturated rings. The standard InChI is InChI=1S/C15H26F2N6O2.HI/c1-15(2,3)25-14(24)21-7-5-6-20-13(18-4)22-10-11-19-8-9-23(11)12(16)17;/h8-9,12H,5-7,10H2,1-4H3,(H,21,24)(H2,18,20,22);1H. The Kier molecular flexibility index (Phi) is 11.1. The quantitative estimate of drug-likeness (QED) is 0.238. The Balaban J connectivity index is 0.00000625. The highest BCUT2D eigenvalue weighted by Crippen LogP contribution is 2.11. The summed E-state index contributed by atoms with van der Waals surface area (Å²) < 4.78 is 31.4. The predicted molar refractivity (Wildman–Crippen MR) is 106 cm³/mol. The van der Waals surface area contributed by atoms with Gasteiger partial charge in [-0.25, -0.2) is 9.78 Å². The van der Waals surface area contributed by atoms with E-state index in [2.05, 4.69) is 25.9 Å². The lowest BCUT2D eigenvalue weighted by atomic mass is 10.2. The first-order chi connectivity index (χ1) is 11.7. The van der Waals surface area contributed by atoms with Crippen molar-refractivity contribution in [2.24, 2.45) is 4.99 Å². The lowest BCUT2D eigenvalue weighted by Gasteiger charge is -2.19. The van der Waals surface area contributed by atoms with Crippen molar-refractivity contribution < 1.29 is 18.3 Å². The van der Waals surface area contributed by atoms with Gasteiger partial charge in [-0.15, -0.1) is 24.0 Å². The minimum atomic E-state index is -2.63. The van der Waals surface area contributed by atoms with Crippen LogP contribution in [0.15, 0.2) is 17.4 Å². The number of carbonyl (C=O) groups excluding carboxylic acids is 1. The number of rotatable bonds is 7. The van der Waals surface area contributed by atoms with E-state index in [0.29, 0.717) is 25.5 Å². The Bertz CT molecular complexity index is 575. The van der Waals surface area contributed by atoms with Gasteiger partial charge < -0.3 is 20.7 Å². The zero-order valence-electron chi connectivity index (χ0n) is 15.4. The summed E-state index contributed by atoms with van der Waals surface area (Å²) in [5.74, 6) is 0.672. The maximum Gasteiger partial charge on any atom is 0.407 e. The number of imidazole rings is 1. The fourth-order valence-corrected chi connectivity index (χ4v) is 1.84. The Hall–Kier alpha value is -1.66. The molecule has 0 aliphatic rings. The Morgan fingerprint density at radius 1 is 1.31 bits per heavy atom. The van der Waals surface area contributed by atoms with E-state index in [1.807, 2.05) is 0 Å². The number of aliphatic imine (C=N–C) groups is 1. The molecule has 0 saturated carbocycles. The number of ether oxygens (including phenoxy) is 1. The highest BCUT2D eigenvalue weighted by molar-refractivity contribution is 14.0. The van der Waals surface area contributed by atoms with Crippen LogP contribution in [0.2, 0.25) is 0 Å². The molecule has 0 spiro atoms.